The van der Waals surface area contributed by atoms with Crippen molar-refractivity contribution in [2.75, 3.05) is 0 Å². The van der Waals surface area contributed by atoms with Crippen LogP contribution in [0, 0.1) is 0 Å². The lowest BCUT2D eigenvalue weighted by molar-refractivity contribution is 0.487. The van der Waals surface area contributed by atoms with Crippen molar-refractivity contribution >= 4 is 21.5 Å². The smallest absolute Gasteiger partial charge is 0.160 e. The molecule has 0 unspecified atom stereocenters. The summed E-state index contributed by atoms with van der Waals surface area (Å²) in [5.74, 6) is 2.50. The van der Waals surface area contributed by atoms with E-state index in [9.17, 15) is 0 Å². The first-order valence-electron chi connectivity index (χ1n) is 17.2. The van der Waals surface area contributed by atoms with Crippen LogP contribution in [-0.4, -0.2) is 9.97 Å². The second-order valence-electron chi connectivity index (χ2n) is 13.0. The van der Waals surface area contributed by atoms with Crippen LogP contribution in [-0.2, 0) is 0 Å². The van der Waals surface area contributed by atoms with E-state index in [4.69, 9.17) is 14.7 Å². The molecule has 1 aliphatic heterocycles. The van der Waals surface area contributed by atoms with E-state index in [-0.39, 0.29) is 0 Å². The van der Waals surface area contributed by atoms with Crippen molar-refractivity contribution in [3.63, 3.8) is 0 Å². The van der Waals surface area contributed by atoms with E-state index in [1.807, 2.05) is 24.3 Å². The average molecular weight is 651 g/mol. The third-order valence-corrected chi connectivity index (χ3v) is 9.87. The van der Waals surface area contributed by atoms with Crippen LogP contribution in [0.15, 0.2) is 182 Å². The van der Waals surface area contributed by atoms with Gasteiger partial charge in [0.05, 0.1) is 11.4 Å². The van der Waals surface area contributed by atoms with Gasteiger partial charge in [0.2, 0.25) is 0 Å². The molecule has 51 heavy (non-hydrogen) atoms. The van der Waals surface area contributed by atoms with Gasteiger partial charge in [0.15, 0.2) is 5.82 Å². The molecule has 3 heteroatoms. The van der Waals surface area contributed by atoms with Gasteiger partial charge in [0.1, 0.15) is 11.5 Å². The first-order valence-corrected chi connectivity index (χ1v) is 17.2. The van der Waals surface area contributed by atoms with Gasteiger partial charge in [-0.05, 0) is 80.4 Å². The van der Waals surface area contributed by atoms with Crippen LogP contribution in [0.5, 0.6) is 11.5 Å². The van der Waals surface area contributed by atoms with Gasteiger partial charge in [-0.3, -0.25) is 0 Å². The lowest BCUT2D eigenvalue weighted by Gasteiger charge is -2.22. The van der Waals surface area contributed by atoms with Crippen LogP contribution in [0.25, 0.3) is 88.8 Å². The second kappa shape index (κ2) is 11.9. The SMILES string of the molecule is c1ccc(-c2ccc3cc(-c4cc(-c5ccc(-c6ccc7c(c6)-c6cccc8cccc(c68)O7)cc5)nc(-c5ccccc5)n4)ccc3c2)cc1. The highest BCUT2D eigenvalue weighted by Crippen LogP contribution is 2.47. The van der Waals surface area contributed by atoms with Crippen LogP contribution >= 0.6 is 0 Å². The fraction of sp³-hybridized carbons (Fsp3) is 0. The van der Waals surface area contributed by atoms with Gasteiger partial charge in [0.25, 0.3) is 0 Å². The lowest BCUT2D eigenvalue weighted by Crippen LogP contribution is -1.97. The first-order chi connectivity index (χ1) is 25.2. The molecule has 0 saturated carbocycles. The van der Waals surface area contributed by atoms with E-state index >= 15 is 0 Å². The van der Waals surface area contributed by atoms with Crippen molar-refractivity contribution in [3.05, 3.63) is 182 Å². The number of benzene rings is 8. The molecule has 238 valence electrons. The Morgan fingerprint density at radius 1 is 0.314 bits per heavy atom. The number of fused-ring (bicyclic) bond motifs is 3. The molecule has 0 atom stereocenters. The van der Waals surface area contributed by atoms with Crippen molar-refractivity contribution in [1.29, 1.82) is 0 Å². The molecule has 0 N–H and O–H groups in total. The summed E-state index contributed by atoms with van der Waals surface area (Å²) in [6.07, 6.45) is 0. The van der Waals surface area contributed by atoms with Crippen LogP contribution in [0.4, 0.5) is 0 Å². The average Bonchev–Trinajstić information content (AvgIpc) is 3.21. The minimum absolute atomic E-state index is 0.704. The lowest BCUT2D eigenvalue weighted by atomic mass is 9.92. The van der Waals surface area contributed by atoms with Gasteiger partial charge < -0.3 is 4.74 Å². The van der Waals surface area contributed by atoms with Crippen molar-refractivity contribution in [2.45, 2.75) is 0 Å². The zero-order valence-corrected chi connectivity index (χ0v) is 27.6. The molecular weight excluding hydrogens is 621 g/mol. The van der Waals surface area contributed by atoms with E-state index in [0.29, 0.717) is 5.82 Å². The Morgan fingerprint density at radius 2 is 0.882 bits per heavy atom. The molecule has 10 rings (SSSR count). The highest BCUT2D eigenvalue weighted by molar-refractivity contribution is 6.04. The summed E-state index contributed by atoms with van der Waals surface area (Å²) in [6.45, 7) is 0. The summed E-state index contributed by atoms with van der Waals surface area (Å²) in [6, 6.07) is 63.9. The van der Waals surface area contributed by atoms with E-state index in [2.05, 4.69) is 158 Å². The molecule has 0 bridgehead atoms. The molecule has 0 spiro atoms. The Bertz CT molecular complexity index is 2750. The monoisotopic (exact) mass is 650 g/mol. The second-order valence-corrected chi connectivity index (χ2v) is 13.0. The molecule has 9 aromatic rings. The molecule has 0 radical (unpaired) electrons. The van der Waals surface area contributed by atoms with Gasteiger partial charge in [-0.2, -0.15) is 0 Å². The molecule has 8 aromatic carbocycles. The number of ether oxygens (including phenoxy) is 1. The fourth-order valence-corrected chi connectivity index (χ4v) is 7.25. The Kier molecular flexibility index (Phi) is 6.81. The summed E-state index contributed by atoms with van der Waals surface area (Å²) >= 11 is 0. The zero-order chi connectivity index (χ0) is 33.7. The molecule has 1 aromatic heterocycles. The maximum Gasteiger partial charge on any atom is 0.160 e. The molecule has 0 saturated heterocycles. The number of aromatic nitrogens is 2. The Hall–Kier alpha value is -6.84. The van der Waals surface area contributed by atoms with Gasteiger partial charge in [-0.15, -0.1) is 0 Å². The predicted molar refractivity (Wildman–Crippen MR) is 210 cm³/mol. The largest absolute Gasteiger partial charge is 0.456 e. The van der Waals surface area contributed by atoms with E-state index in [1.54, 1.807) is 0 Å². The zero-order valence-electron chi connectivity index (χ0n) is 27.6. The minimum Gasteiger partial charge on any atom is -0.456 e. The molecular formula is C48H30N2O. The van der Waals surface area contributed by atoms with Gasteiger partial charge in [-0.1, -0.05) is 146 Å². The van der Waals surface area contributed by atoms with Crippen LogP contribution < -0.4 is 4.74 Å². The molecule has 1 aliphatic rings. The van der Waals surface area contributed by atoms with Crippen LogP contribution in [0.2, 0.25) is 0 Å². The van der Waals surface area contributed by atoms with Gasteiger partial charge in [-0.25, -0.2) is 9.97 Å². The number of rotatable bonds is 5. The van der Waals surface area contributed by atoms with Crippen molar-refractivity contribution in [2.24, 2.45) is 0 Å². The maximum absolute atomic E-state index is 6.35. The van der Waals surface area contributed by atoms with E-state index in [1.165, 1.54) is 32.8 Å². The van der Waals surface area contributed by atoms with Crippen LogP contribution in [0.3, 0.4) is 0 Å². The van der Waals surface area contributed by atoms with E-state index < -0.39 is 0 Å². The molecule has 0 fully saturated rings. The summed E-state index contributed by atoms with van der Waals surface area (Å²) in [5, 5.41) is 4.72. The number of nitrogens with zero attached hydrogens (tertiary/aromatic N) is 2. The predicted octanol–water partition coefficient (Wildman–Crippen LogP) is 12.9. The highest BCUT2D eigenvalue weighted by atomic mass is 16.5. The molecule has 0 aliphatic carbocycles. The maximum atomic E-state index is 6.35. The highest BCUT2D eigenvalue weighted by Gasteiger charge is 2.20. The third-order valence-electron chi connectivity index (χ3n) is 9.87. The molecule has 3 nitrogen and oxygen atoms in total. The molecule has 2 heterocycles. The Balaban J connectivity index is 1.02. The van der Waals surface area contributed by atoms with E-state index in [0.717, 1.165) is 61.7 Å². The van der Waals surface area contributed by atoms with Gasteiger partial charge >= 0.3 is 0 Å². The normalized spacial score (nSPS) is 11.7. The number of hydrogen-bond acceptors (Lipinski definition) is 3. The van der Waals surface area contributed by atoms with Crippen molar-refractivity contribution in [3.8, 4) is 78.8 Å². The first kappa shape index (κ1) is 29.1. The topological polar surface area (TPSA) is 35.0 Å². The quantitative estimate of drug-likeness (QED) is 0.186. The summed E-state index contributed by atoms with van der Waals surface area (Å²) < 4.78 is 6.35. The van der Waals surface area contributed by atoms with Crippen LogP contribution in [0.1, 0.15) is 0 Å². The van der Waals surface area contributed by atoms with Crippen molar-refractivity contribution < 1.29 is 4.74 Å². The minimum atomic E-state index is 0.704. The Labute approximate surface area is 296 Å². The standard InChI is InChI=1S/C48H30N2O/c1-3-9-31(10-4-1)36-21-22-38-28-40(24-23-37(38)27-36)44-30-43(49-48(50-44)35-11-5-2-6-12-35)33-19-17-32(18-20-33)39-25-26-45-42(29-39)41-15-7-13-34-14-8-16-46(51-45)47(34)41/h1-30H. The summed E-state index contributed by atoms with van der Waals surface area (Å²) in [5.41, 5.74) is 11.9. The van der Waals surface area contributed by atoms with Crippen molar-refractivity contribution in [1.82, 2.24) is 9.97 Å². The third kappa shape index (κ3) is 5.24. The fourth-order valence-electron chi connectivity index (χ4n) is 7.25. The Morgan fingerprint density at radius 3 is 1.65 bits per heavy atom. The summed E-state index contributed by atoms with van der Waals surface area (Å²) in [4.78, 5) is 10.2. The number of hydrogen-bond donors (Lipinski definition) is 0. The molecule has 0 amide bonds. The van der Waals surface area contributed by atoms with Gasteiger partial charge in [0, 0.05) is 27.6 Å². The summed E-state index contributed by atoms with van der Waals surface area (Å²) in [7, 11) is 0.